The van der Waals surface area contributed by atoms with E-state index in [1.165, 1.54) is 11.1 Å². The maximum atomic E-state index is 12.4. The van der Waals surface area contributed by atoms with E-state index in [1.807, 2.05) is 19.1 Å². The summed E-state index contributed by atoms with van der Waals surface area (Å²) in [5.41, 5.74) is 2.54. The average molecular weight is 382 g/mol. The lowest BCUT2D eigenvalue weighted by atomic mass is 9.93. The smallest absolute Gasteiger partial charge is 0.307 e. The van der Waals surface area contributed by atoms with E-state index >= 15 is 0 Å². The second kappa shape index (κ2) is 11.7. The summed E-state index contributed by atoms with van der Waals surface area (Å²) >= 11 is 0. The molecule has 0 unspecified atom stereocenters. The molecule has 3 nitrogen and oxygen atoms in total. The highest BCUT2D eigenvalue weighted by Crippen LogP contribution is 2.29. The van der Waals surface area contributed by atoms with Crippen molar-refractivity contribution in [3.05, 3.63) is 71.8 Å². The van der Waals surface area contributed by atoms with Crippen LogP contribution in [0, 0.1) is 5.92 Å². The third-order valence-electron chi connectivity index (χ3n) is 5.54. The standard InChI is InChI=1S/C25H35NO2/c1-5-20(3)17-24(18-25(27)28-6-2)26(19-22-13-9-7-10-14-22)21(4)23-15-11-8-12-16-23/h7-16,20-21,24H,5-6,17-19H2,1-4H3/t20-,21+,24+/m1/s1. The third kappa shape index (κ3) is 6.79. The van der Waals surface area contributed by atoms with E-state index in [2.05, 4.69) is 74.2 Å². The number of benzene rings is 2. The lowest BCUT2D eigenvalue weighted by molar-refractivity contribution is -0.145. The number of carbonyl (C=O) groups is 1. The second-order valence-electron chi connectivity index (χ2n) is 7.66. The van der Waals surface area contributed by atoms with Crippen molar-refractivity contribution in [2.45, 2.75) is 65.6 Å². The van der Waals surface area contributed by atoms with E-state index in [1.54, 1.807) is 0 Å². The highest BCUT2D eigenvalue weighted by atomic mass is 16.5. The summed E-state index contributed by atoms with van der Waals surface area (Å²) < 4.78 is 5.31. The van der Waals surface area contributed by atoms with Crippen LogP contribution in [0.1, 0.15) is 64.1 Å². The fourth-order valence-corrected chi connectivity index (χ4v) is 3.68. The van der Waals surface area contributed by atoms with Gasteiger partial charge in [0.25, 0.3) is 0 Å². The Kier molecular flexibility index (Phi) is 9.22. The first-order valence-electron chi connectivity index (χ1n) is 10.5. The monoisotopic (exact) mass is 381 g/mol. The van der Waals surface area contributed by atoms with E-state index in [9.17, 15) is 4.79 Å². The van der Waals surface area contributed by atoms with Crippen molar-refractivity contribution in [1.82, 2.24) is 4.90 Å². The molecule has 0 heterocycles. The zero-order chi connectivity index (χ0) is 20.4. The summed E-state index contributed by atoms with van der Waals surface area (Å²) in [5.74, 6) is 0.454. The molecule has 0 bridgehead atoms. The van der Waals surface area contributed by atoms with Crippen molar-refractivity contribution < 1.29 is 9.53 Å². The van der Waals surface area contributed by atoms with Crippen molar-refractivity contribution >= 4 is 5.97 Å². The van der Waals surface area contributed by atoms with Gasteiger partial charge in [-0.2, -0.15) is 0 Å². The minimum Gasteiger partial charge on any atom is -0.466 e. The van der Waals surface area contributed by atoms with Gasteiger partial charge in [-0.05, 0) is 37.3 Å². The molecule has 0 saturated heterocycles. The highest BCUT2D eigenvalue weighted by Gasteiger charge is 2.28. The maximum Gasteiger partial charge on any atom is 0.307 e. The van der Waals surface area contributed by atoms with Crippen molar-refractivity contribution in [2.24, 2.45) is 5.92 Å². The number of hydrogen-bond acceptors (Lipinski definition) is 3. The molecule has 0 fully saturated rings. The van der Waals surface area contributed by atoms with Gasteiger partial charge in [0, 0.05) is 18.6 Å². The average Bonchev–Trinajstić information content (AvgIpc) is 2.72. The van der Waals surface area contributed by atoms with E-state index < -0.39 is 0 Å². The lowest BCUT2D eigenvalue weighted by Crippen LogP contribution is -2.39. The Bertz CT molecular complexity index is 686. The van der Waals surface area contributed by atoms with Crippen LogP contribution >= 0.6 is 0 Å². The molecular formula is C25H35NO2. The third-order valence-corrected chi connectivity index (χ3v) is 5.54. The molecule has 0 aliphatic carbocycles. The van der Waals surface area contributed by atoms with Crippen LogP contribution in [-0.4, -0.2) is 23.5 Å². The van der Waals surface area contributed by atoms with Gasteiger partial charge in [0.2, 0.25) is 0 Å². The minimum atomic E-state index is -0.103. The Hall–Kier alpha value is -2.13. The molecule has 0 aromatic heterocycles. The van der Waals surface area contributed by atoms with Crippen LogP contribution in [0.5, 0.6) is 0 Å². The number of carbonyl (C=O) groups excluding carboxylic acids is 1. The molecule has 152 valence electrons. The first kappa shape index (κ1) is 22.2. The van der Waals surface area contributed by atoms with E-state index in [-0.39, 0.29) is 18.1 Å². The predicted octanol–water partition coefficient (Wildman–Crippen LogP) is 6.01. The van der Waals surface area contributed by atoms with Gasteiger partial charge in [0.15, 0.2) is 0 Å². The largest absolute Gasteiger partial charge is 0.466 e. The molecule has 28 heavy (non-hydrogen) atoms. The van der Waals surface area contributed by atoms with E-state index in [0.717, 1.165) is 19.4 Å². The molecule has 3 heteroatoms. The molecule has 0 aliphatic rings. The van der Waals surface area contributed by atoms with Crippen molar-refractivity contribution in [1.29, 1.82) is 0 Å². The van der Waals surface area contributed by atoms with Gasteiger partial charge >= 0.3 is 5.97 Å². The number of esters is 1. The van der Waals surface area contributed by atoms with Gasteiger partial charge in [-0.25, -0.2) is 0 Å². The van der Waals surface area contributed by atoms with Gasteiger partial charge in [0.1, 0.15) is 0 Å². The summed E-state index contributed by atoms with van der Waals surface area (Å²) in [6.07, 6.45) is 2.53. The van der Waals surface area contributed by atoms with Crippen LogP contribution < -0.4 is 0 Å². The molecule has 0 N–H and O–H groups in total. The predicted molar refractivity (Wildman–Crippen MR) is 116 cm³/mol. The molecule has 2 rings (SSSR count). The Balaban J connectivity index is 2.33. The summed E-state index contributed by atoms with van der Waals surface area (Å²) in [5, 5.41) is 0. The van der Waals surface area contributed by atoms with Crippen LogP contribution in [0.15, 0.2) is 60.7 Å². The maximum absolute atomic E-state index is 12.4. The summed E-state index contributed by atoms with van der Waals surface area (Å²) in [7, 11) is 0. The Labute approximate surface area is 170 Å². The molecule has 2 aromatic rings. The van der Waals surface area contributed by atoms with E-state index in [4.69, 9.17) is 4.74 Å². The molecule has 2 aromatic carbocycles. The number of ether oxygens (including phenoxy) is 1. The van der Waals surface area contributed by atoms with Gasteiger partial charge < -0.3 is 4.74 Å². The van der Waals surface area contributed by atoms with Crippen molar-refractivity contribution in [3.8, 4) is 0 Å². The molecule has 3 atom stereocenters. The van der Waals surface area contributed by atoms with Crippen molar-refractivity contribution in [3.63, 3.8) is 0 Å². The lowest BCUT2D eigenvalue weighted by Gasteiger charge is -2.38. The van der Waals surface area contributed by atoms with Gasteiger partial charge in [-0.15, -0.1) is 0 Å². The van der Waals surface area contributed by atoms with Crippen molar-refractivity contribution in [2.75, 3.05) is 6.61 Å². The Morgan fingerprint density at radius 2 is 1.57 bits per heavy atom. The Morgan fingerprint density at radius 3 is 2.14 bits per heavy atom. The molecular weight excluding hydrogens is 346 g/mol. The zero-order valence-corrected chi connectivity index (χ0v) is 17.8. The fraction of sp³-hybridized carbons (Fsp3) is 0.480. The molecule has 0 radical (unpaired) electrons. The topological polar surface area (TPSA) is 29.5 Å². The van der Waals surface area contributed by atoms with Crippen LogP contribution in [0.2, 0.25) is 0 Å². The SMILES string of the molecule is CCOC(=O)C[C@H](C[C@H](C)CC)N(Cc1ccccc1)[C@@H](C)c1ccccc1. The molecule has 0 saturated carbocycles. The number of rotatable bonds is 11. The van der Waals surface area contributed by atoms with Crippen LogP contribution in [-0.2, 0) is 16.1 Å². The van der Waals surface area contributed by atoms with Gasteiger partial charge in [0.05, 0.1) is 13.0 Å². The van der Waals surface area contributed by atoms with Crippen LogP contribution in [0.4, 0.5) is 0 Å². The summed E-state index contributed by atoms with van der Waals surface area (Å²) in [4.78, 5) is 14.9. The quantitative estimate of drug-likeness (QED) is 0.447. The normalized spacial score (nSPS) is 14.5. The number of hydrogen-bond donors (Lipinski definition) is 0. The van der Waals surface area contributed by atoms with Crippen LogP contribution in [0.3, 0.4) is 0 Å². The first-order valence-corrected chi connectivity index (χ1v) is 10.5. The van der Waals surface area contributed by atoms with E-state index in [0.29, 0.717) is 18.9 Å². The molecule has 0 spiro atoms. The van der Waals surface area contributed by atoms with Crippen LogP contribution in [0.25, 0.3) is 0 Å². The highest BCUT2D eigenvalue weighted by molar-refractivity contribution is 5.70. The second-order valence-corrected chi connectivity index (χ2v) is 7.66. The Morgan fingerprint density at radius 1 is 0.964 bits per heavy atom. The molecule has 0 aliphatic heterocycles. The van der Waals surface area contributed by atoms with Gasteiger partial charge in [-0.1, -0.05) is 80.9 Å². The summed E-state index contributed by atoms with van der Waals surface area (Å²) in [6, 6.07) is 21.4. The first-order chi connectivity index (χ1) is 13.5. The minimum absolute atomic E-state index is 0.103. The zero-order valence-electron chi connectivity index (χ0n) is 17.8. The number of nitrogens with zero attached hydrogens (tertiary/aromatic N) is 1. The summed E-state index contributed by atoms with van der Waals surface area (Å²) in [6.45, 7) is 9.85. The van der Waals surface area contributed by atoms with Gasteiger partial charge in [-0.3, -0.25) is 9.69 Å². The fourth-order valence-electron chi connectivity index (χ4n) is 3.68. The molecule has 0 amide bonds.